The van der Waals surface area contributed by atoms with Crippen LogP contribution in [0.1, 0.15) is 16.1 Å². The molecule has 2 amide bonds. The Morgan fingerprint density at radius 2 is 2.14 bits per heavy atom. The second kappa shape index (κ2) is 6.42. The van der Waals surface area contributed by atoms with Crippen LogP contribution in [0.2, 0.25) is 5.02 Å². The Labute approximate surface area is 127 Å². The van der Waals surface area contributed by atoms with E-state index >= 15 is 0 Å². The lowest BCUT2D eigenvalue weighted by Gasteiger charge is -2.09. The molecule has 0 bridgehead atoms. The molecule has 1 heterocycles. The number of H-pyrrole nitrogens is 1. The highest BCUT2D eigenvalue weighted by molar-refractivity contribution is 7.07. The molecule has 0 atom stereocenters. The number of anilines is 1. The predicted molar refractivity (Wildman–Crippen MR) is 79.2 cm³/mol. The van der Waals surface area contributed by atoms with Crippen molar-refractivity contribution in [2.75, 3.05) is 5.32 Å². The zero-order valence-corrected chi connectivity index (χ0v) is 12.0. The van der Waals surface area contributed by atoms with Crippen molar-refractivity contribution >= 4 is 40.6 Å². The van der Waals surface area contributed by atoms with Crippen molar-refractivity contribution in [3.8, 4) is 0 Å². The summed E-state index contributed by atoms with van der Waals surface area (Å²) in [5.74, 6) is -1.20. The van der Waals surface area contributed by atoms with Crippen LogP contribution in [0.4, 0.5) is 10.5 Å². The first-order valence-corrected chi connectivity index (χ1v) is 6.96. The topological polar surface area (TPSA) is 111 Å². The van der Waals surface area contributed by atoms with Crippen LogP contribution in [0.3, 0.4) is 0 Å². The van der Waals surface area contributed by atoms with E-state index in [0.717, 1.165) is 11.3 Å². The van der Waals surface area contributed by atoms with E-state index in [9.17, 15) is 14.4 Å². The Morgan fingerprint density at radius 1 is 1.38 bits per heavy atom. The van der Waals surface area contributed by atoms with E-state index < -0.39 is 12.0 Å². The van der Waals surface area contributed by atoms with Crippen LogP contribution in [-0.2, 0) is 6.54 Å². The standard InChI is InChI=1S/C12H10ClN3O4S/c13-6-1-2-9(8(3-6)10(17)18)16-11(19)14-4-7-5-21-12(20)15-7/h1-3,5H,4H2,(H,15,20)(H,17,18)(H2,14,16,19). The fraction of sp³-hybridized carbons (Fsp3) is 0.0833. The number of nitrogens with one attached hydrogen (secondary N) is 3. The molecule has 0 saturated carbocycles. The second-order valence-electron chi connectivity index (χ2n) is 3.98. The summed E-state index contributed by atoms with van der Waals surface area (Å²) in [4.78, 5) is 36.0. The van der Waals surface area contributed by atoms with Gasteiger partial charge in [-0.15, -0.1) is 0 Å². The van der Waals surface area contributed by atoms with Gasteiger partial charge in [0.2, 0.25) is 0 Å². The zero-order chi connectivity index (χ0) is 15.4. The number of thiazole rings is 1. The number of amides is 2. The van der Waals surface area contributed by atoms with Crippen LogP contribution in [-0.4, -0.2) is 22.1 Å². The number of carbonyl (C=O) groups excluding carboxylic acids is 1. The van der Waals surface area contributed by atoms with Crippen LogP contribution in [0.25, 0.3) is 0 Å². The highest BCUT2D eigenvalue weighted by Crippen LogP contribution is 2.20. The van der Waals surface area contributed by atoms with Gasteiger partial charge < -0.3 is 20.7 Å². The van der Waals surface area contributed by atoms with Crippen molar-refractivity contribution in [1.29, 1.82) is 0 Å². The number of hydrogen-bond acceptors (Lipinski definition) is 4. The summed E-state index contributed by atoms with van der Waals surface area (Å²) in [6.07, 6.45) is 0. The summed E-state index contributed by atoms with van der Waals surface area (Å²) in [5.41, 5.74) is 0.583. The first kappa shape index (κ1) is 15.1. The van der Waals surface area contributed by atoms with Crippen LogP contribution in [0.5, 0.6) is 0 Å². The summed E-state index contributed by atoms with van der Waals surface area (Å²) in [5, 5.41) is 15.8. The van der Waals surface area contributed by atoms with Gasteiger partial charge in [0, 0.05) is 16.1 Å². The molecule has 110 valence electrons. The van der Waals surface area contributed by atoms with E-state index in [2.05, 4.69) is 15.6 Å². The molecule has 7 nitrogen and oxygen atoms in total. The van der Waals surface area contributed by atoms with Crippen molar-refractivity contribution in [2.24, 2.45) is 0 Å². The third-order valence-electron chi connectivity index (χ3n) is 2.47. The fourth-order valence-electron chi connectivity index (χ4n) is 1.54. The van der Waals surface area contributed by atoms with Crippen molar-refractivity contribution in [2.45, 2.75) is 6.54 Å². The first-order valence-electron chi connectivity index (χ1n) is 5.70. The Kier molecular flexibility index (Phi) is 4.61. The molecule has 9 heteroatoms. The van der Waals surface area contributed by atoms with Gasteiger partial charge in [0.15, 0.2) is 0 Å². The maximum atomic E-state index is 11.7. The second-order valence-corrected chi connectivity index (χ2v) is 5.25. The maximum Gasteiger partial charge on any atom is 0.337 e. The summed E-state index contributed by atoms with van der Waals surface area (Å²) in [7, 11) is 0. The van der Waals surface area contributed by atoms with E-state index in [4.69, 9.17) is 16.7 Å². The van der Waals surface area contributed by atoms with Crippen molar-refractivity contribution in [1.82, 2.24) is 10.3 Å². The molecule has 0 aliphatic heterocycles. The van der Waals surface area contributed by atoms with Crippen LogP contribution < -0.4 is 15.5 Å². The molecule has 1 aromatic carbocycles. The lowest BCUT2D eigenvalue weighted by atomic mass is 10.2. The van der Waals surface area contributed by atoms with Crippen LogP contribution in [0.15, 0.2) is 28.4 Å². The highest BCUT2D eigenvalue weighted by Gasteiger charge is 2.13. The number of carboxylic acid groups (broad SMARTS) is 1. The number of aromatic carboxylic acids is 1. The van der Waals surface area contributed by atoms with Gasteiger partial charge in [-0.05, 0) is 18.2 Å². The maximum absolute atomic E-state index is 11.7. The number of carboxylic acids is 1. The number of aromatic amines is 1. The summed E-state index contributed by atoms with van der Waals surface area (Å²) in [6.45, 7) is 0.126. The van der Waals surface area contributed by atoms with Gasteiger partial charge in [-0.3, -0.25) is 4.79 Å². The van der Waals surface area contributed by atoms with Gasteiger partial charge in [0.1, 0.15) is 0 Å². The minimum Gasteiger partial charge on any atom is -0.478 e. The van der Waals surface area contributed by atoms with Crippen molar-refractivity contribution in [3.63, 3.8) is 0 Å². The largest absolute Gasteiger partial charge is 0.478 e. The molecular weight excluding hydrogens is 318 g/mol. The van der Waals surface area contributed by atoms with E-state index in [1.807, 2.05) is 0 Å². The molecule has 1 aromatic heterocycles. The van der Waals surface area contributed by atoms with E-state index in [1.165, 1.54) is 18.2 Å². The minimum atomic E-state index is -1.20. The van der Waals surface area contributed by atoms with Gasteiger partial charge >= 0.3 is 16.9 Å². The smallest absolute Gasteiger partial charge is 0.337 e. The Hall–Kier alpha value is -2.32. The lowest BCUT2D eigenvalue weighted by Crippen LogP contribution is -2.29. The number of rotatable bonds is 4. The third kappa shape index (κ3) is 4.07. The number of benzene rings is 1. The van der Waals surface area contributed by atoms with E-state index in [0.29, 0.717) is 5.69 Å². The Morgan fingerprint density at radius 3 is 2.76 bits per heavy atom. The molecule has 0 aliphatic rings. The Bertz CT molecular complexity index is 740. The Balaban J connectivity index is 2.02. The number of hydrogen-bond donors (Lipinski definition) is 4. The molecule has 0 aliphatic carbocycles. The number of aromatic nitrogens is 1. The van der Waals surface area contributed by atoms with Crippen molar-refractivity contribution < 1.29 is 14.7 Å². The SMILES string of the molecule is O=C(NCc1csc(=O)[nH]1)Nc1ccc(Cl)cc1C(=O)O. The average molecular weight is 328 g/mol. The van der Waals surface area contributed by atoms with E-state index in [-0.39, 0.29) is 27.7 Å². The molecular formula is C12H10ClN3O4S. The summed E-state index contributed by atoms with van der Waals surface area (Å²) >= 11 is 6.71. The highest BCUT2D eigenvalue weighted by atomic mass is 35.5. The normalized spacial score (nSPS) is 10.1. The molecule has 21 heavy (non-hydrogen) atoms. The van der Waals surface area contributed by atoms with Gasteiger partial charge in [0.25, 0.3) is 0 Å². The minimum absolute atomic E-state index is 0.110. The molecule has 2 aromatic rings. The fourth-order valence-corrected chi connectivity index (χ4v) is 2.30. The molecule has 0 saturated heterocycles. The quantitative estimate of drug-likeness (QED) is 0.689. The summed E-state index contributed by atoms with van der Waals surface area (Å²) in [6, 6.07) is 3.53. The summed E-state index contributed by atoms with van der Waals surface area (Å²) < 4.78 is 0. The molecule has 4 N–H and O–H groups in total. The predicted octanol–water partition coefficient (Wildman–Crippen LogP) is 2.11. The third-order valence-corrected chi connectivity index (χ3v) is 3.42. The number of urea groups is 1. The lowest BCUT2D eigenvalue weighted by molar-refractivity contribution is 0.0698. The first-order chi connectivity index (χ1) is 9.95. The zero-order valence-electron chi connectivity index (χ0n) is 10.5. The number of carbonyl (C=O) groups is 2. The molecule has 0 unspecified atom stereocenters. The van der Waals surface area contributed by atoms with Gasteiger partial charge in [-0.2, -0.15) is 0 Å². The van der Waals surface area contributed by atoms with Crippen molar-refractivity contribution in [3.05, 3.63) is 49.5 Å². The van der Waals surface area contributed by atoms with Crippen LogP contribution >= 0.6 is 22.9 Å². The van der Waals surface area contributed by atoms with Gasteiger partial charge in [0.05, 0.1) is 17.8 Å². The van der Waals surface area contributed by atoms with Crippen LogP contribution in [0, 0.1) is 0 Å². The average Bonchev–Trinajstić information content (AvgIpc) is 2.84. The van der Waals surface area contributed by atoms with E-state index in [1.54, 1.807) is 5.38 Å². The monoisotopic (exact) mass is 327 g/mol. The molecule has 0 radical (unpaired) electrons. The molecule has 0 spiro atoms. The molecule has 0 fully saturated rings. The number of halogens is 1. The van der Waals surface area contributed by atoms with Gasteiger partial charge in [-0.1, -0.05) is 22.9 Å². The van der Waals surface area contributed by atoms with Gasteiger partial charge in [-0.25, -0.2) is 9.59 Å². The molecule has 2 rings (SSSR count).